The summed E-state index contributed by atoms with van der Waals surface area (Å²) in [4.78, 5) is 0. The molecule has 0 aliphatic heterocycles. The molecule has 15 heavy (non-hydrogen) atoms. The van der Waals surface area contributed by atoms with E-state index >= 15 is 0 Å². The second-order valence-electron chi connectivity index (χ2n) is 3.89. The van der Waals surface area contributed by atoms with Gasteiger partial charge in [0.15, 0.2) is 0 Å². The summed E-state index contributed by atoms with van der Waals surface area (Å²) < 4.78 is 27.3. The average molecular weight is 209 g/mol. The molecular weight excluding hydrogens is 196 g/mol. The number of nitrogens with zero attached hydrogens (tertiary/aromatic N) is 1. The highest BCUT2D eigenvalue weighted by Gasteiger charge is 2.27. The van der Waals surface area contributed by atoms with Gasteiger partial charge in [0.25, 0.3) is 0 Å². The molecule has 0 radical (unpaired) electrons. The van der Waals surface area contributed by atoms with Crippen molar-refractivity contribution in [2.45, 2.75) is 32.9 Å². The zero-order chi connectivity index (χ0) is 11.6. The van der Waals surface area contributed by atoms with Crippen LogP contribution in [0.1, 0.15) is 37.5 Å². The SMILES string of the molecule is CCc1c(F)ccc(C#N)c1C(C)(C)F. The second kappa shape index (κ2) is 3.98. The van der Waals surface area contributed by atoms with Crippen LogP contribution in [0.5, 0.6) is 0 Å². The smallest absolute Gasteiger partial charge is 0.132 e. The van der Waals surface area contributed by atoms with E-state index in [0.29, 0.717) is 12.0 Å². The van der Waals surface area contributed by atoms with Gasteiger partial charge < -0.3 is 0 Å². The standard InChI is InChI=1S/C12H13F2N/c1-4-9-10(13)6-5-8(7-15)11(9)12(2,3)14/h5-6H,4H2,1-3H3. The van der Waals surface area contributed by atoms with Gasteiger partial charge in [0.05, 0.1) is 11.6 Å². The van der Waals surface area contributed by atoms with Crippen LogP contribution in [-0.2, 0) is 12.1 Å². The molecule has 0 amide bonds. The van der Waals surface area contributed by atoms with Gasteiger partial charge in [-0.2, -0.15) is 5.26 Å². The van der Waals surface area contributed by atoms with Crippen molar-refractivity contribution in [2.75, 3.05) is 0 Å². The minimum atomic E-state index is -1.70. The second-order valence-corrected chi connectivity index (χ2v) is 3.89. The first-order valence-electron chi connectivity index (χ1n) is 4.82. The molecule has 3 heteroatoms. The lowest BCUT2D eigenvalue weighted by Gasteiger charge is -2.20. The van der Waals surface area contributed by atoms with Crippen LogP contribution in [0.3, 0.4) is 0 Å². The molecule has 0 aromatic heterocycles. The largest absolute Gasteiger partial charge is 0.239 e. The highest BCUT2D eigenvalue weighted by atomic mass is 19.1. The summed E-state index contributed by atoms with van der Waals surface area (Å²) in [6.07, 6.45) is 0.379. The van der Waals surface area contributed by atoms with E-state index in [-0.39, 0.29) is 11.1 Å². The van der Waals surface area contributed by atoms with Gasteiger partial charge in [-0.25, -0.2) is 8.78 Å². The average Bonchev–Trinajstić information content (AvgIpc) is 2.15. The molecule has 1 rings (SSSR count). The highest BCUT2D eigenvalue weighted by Crippen LogP contribution is 2.32. The number of hydrogen-bond acceptors (Lipinski definition) is 1. The molecule has 0 heterocycles. The van der Waals surface area contributed by atoms with Crippen molar-refractivity contribution in [1.29, 1.82) is 5.26 Å². The Balaban J connectivity index is 3.57. The summed E-state index contributed by atoms with van der Waals surface area (Å²) in [5, 5.41) is 8.85. The van der Waals surface area contributed by atoms with Gasteiger partial charge in [-0.1, -0.05) is 6.92 Å². The molecule has 0 aliphatic carbocycles. The van der Waals surface area contributed by atoms with E-state index in [1.807, 2.05) is 6.07 Å². The molecule has 0 fully saturated rings. The lowest BCUT2D eigenvalue weighted by atomic mass is 9.89. The maximum absolute atomic E-state index is 13.9. The summed E-state index contributed by atoms with van der Waals surface area (Å²) >= 11 is 0. The number of rotatable bonds is 2. The van der Waals surface area contributed by atoms with E-state index in [1.165, 1.54) is 26.0 Å². The van der Waals surface area contributed by atoms with Crippen molar-refractivity contribution in [2.24, 2.45) is 0 Å². The number of alkyl halides is 1. The highest BCUT2D eigenvalue weighted by molar-refractivity contribution is 5.46. The maximum Gasteiger partial charge on any atom is 0.132 e. The molecule has 0 saturated carbocycles. The zero-order valence-electron chi connectivity index (χ0n) is 9.06. The van der Waals surface area contributed by atoms with E-state index in [4.69, 9.17) is 5.26 Å². The van der Waals surface area contributed by atoms with Crippen molar-refractivity contribution in [3.63, 3.8) is 0 Å². The predicted molar refractivity (Wildman–Crippen MR) is 54.6 cm³/mol. The number of hydrogen-bond donors (Lipinski definition) is 0. The number of halogens is 2. The molecule has 1 nitrogen and oxygen atoms in total. The van der Waals surface area contributed by atoms with Gasteiger partial charge >= 0.3 is 0 Å². The summed E-state index contributed by atoms with van der Waals surface area (Å²) in [5.41, 5.74) is -1.02. The first-order chi connectivity index (χ1) is 6.91. The Bertz CT molecular complexity index is 411. The van der Waals surface area contributed by atoms with Gasteiger partial charge in [-0.3, -0.25) is 0 Å². The van der Waals surface area contributed by atoms with Gasteiger partial charge in [-0.15, -0.1) is 0 Å². The van der Waals surface area contributed by atoms with E-state index in [2.05, 4.69) is 0 Å². The van der Waals surface area contributed by atoms with Crippen molar-refractivity contribution in [1.82, 2.24) is 0 Å². The quantitative estimate of drug-likeness (QED) is 0.731. The van der Waals surface area contributed by atoms with Gasteiger partial charge in [-0.05, 0) is 38.0 Å². The Morgan fingerprint density at radius 1 is 1.40 bits per heavy atom. The first kappa shape index (κ1) is 11.6. The van der Waals surface area contributed by atoms with Gasteiger partial charge in [0, 0.05) is 5.56 Å². The Kier molecular flexibility index (Phi) is 3.09. The molecule has 0 unspecified atom stereocenters. The number of benzene rings is 1. The van der Waals surface area contributed by atoms with Crippen LogP contribution in [-0.4, -0.2) is 0 Å². The molecule has 0 spiro atoms. The molecule has 0 bridgehead atoms. The van der Waals surface area contributed by atoms with Crippen LogP contribution in [0, 0.1) is 17.1 Å². The summed E-state index contributed by atoms with van der Waals surface area (Å²) in [7, 11) is 0. The topological polar surface area (TPSA) is 23.8 Å². The van der Waals surface area contributed by atoms with E-state index < -0.39 is 11.5 Å². The van der Waals surface area contributed by atoms with E-state index in [9.17, 15) is 8.78 Å². The molecule has 0 atom stereocenters. The molecule has 0 N–H and O–H groups in total. The number of nitriles is 1. The molecule has 1 aromatic rings. The van der Waals surface area contributed by atoms with Crippen LogP contribution in [0.2, 0.25) is 0 Å². The zero-order valence-corrected chi connectivity index (χ0v) is 9.06. The molecule has 0 saturated heterocycles. The van der Waals surface area contributed by atoms with E-state index in [1.54, 1.807) is 6.92 Å². The normalized spacial score (nSPS) is 11.2. The summed E-state index contributed by atoms with van der Waals surface area (Å²) in [5.74, 6) is -0.447. The van der Waals surface area contributed by atoms with Gasteiger partial charge in [0.1, 0.15) is 11.5 Å². The minimum absolute atomic E-state index is 0.174. The lowest BCUT2D eigenvalue weighted by Crippen LogP contribution is -2.16. The summed E-state index contributed by atoms with van der Waals surface area (Å²) in [6.45, 7) is 4.42. The third-order valence-electron chi connectivity index (χ3n) is 2.32. The lowest BCUT2D eigenvalue weighted by molar-refractivity contribution is 0.218. The first-order valence-corrected chi connectivity index (χ1v) is 4.82. The molecular formula is C12H13F2N. The maximum atomic E-state index is 13.9. The monoisotopic (exact) mass is 209 g/mol. The van der Waals surface area contributed by atoms with E-state index in [0.717, 1.165) is 0 Å². The summed E-state index contributed by atoms with van der Waals surface area (Å²) in [6, 6.07) is 4.44. The van der Waals surface area contributed by atoms with Crippen molar-refractivity contribution >= 4 is 0 Å². The van der Waals surface area contributed by atoms with Crippen molar-refractivity contribution in [3.05, 3.63) is 34.6 Å². The van der Waals surface area contributed by atoms with Crippen LogP contribution < -0.4 is 0 Å². The van der Waals surface area contributed by atoms with Crippen LogP contribution in [0.25, 0.3) is 0 Å². The Morgan fingerprint density at radius 2 is 2.00 bits per heavy atom. The predicted octanol–water partition coefficient (Wildman–Crippen LogP) is 3.46. The molecule has 0 aliphatic rings. The van der Waals surface area contributed by atoms with Crippen molar-refractivity contribution < 1.29 is 8.78 Å². The fourth-order valence-electron chi connectivity index (χ4n) is 1.74. The van der Waals surface area contributed by atoms with Crippen LogP contribution >= 0.6 is 0 Å². The molecule has 80 valence electrons. The Hall–Kier alpha value is -1.43. The Morgan fingerprint density at radius 3 is 2.40 bits per heavy atom. The van der Waals surface area contributed by atoms with Crippen LogP contribution in [0.4, 0.5) is 8.78 Å². The third kappa shape index (κ3) is 2.15. The van der Waals surface area contributed by atoms with Crippen LogP contribution in [0.15, 0.2) is 12.1 Å². The van der Waals surface area contributed by atoms with Crippen molar-refractivity contribution in [3.8, 4) is 6.07 Å². The minimum Gasteiger partial charge on any atom is -0.239 e. The third-order valence-corrected chi connectivity index (χ3v) is 2.32. The fraction of sp³-hybridized carbons (Fsp3) is 0.417. The fourth-order valence-corrected chi connectivity index (χ4v) is 1.74. The van der Waals surface area contributed by atoms with Gasteiger partial charge in [0.2, 0.25) is 0 Å². The molecule has 1 aromatic carbocycles. The Labute approximate surface area is 88.3 Å².